The van der Waals surface area contributed by atoms with Gasteiger partial charge >= 0.3 is 0 Å². The fourth-order valence-corrected chi connectivity index (χ4v) is 4.19. The van der Waals surface area contributed by atoms with Crippen molar-refractivity contribution in [2.24, 2.45) is 0 Å². The van der Waals surface area contributed by atoms with E-state index >= 15 is 0 Å². The van der Waals surface area contributed by atoms with Gasteiger partial charge < -0.3 is 10.4 Å². The number of hydrogen-bond acceptors (Lipinski definition) is 3. The predicted octanol–water partition coefficient (Wildman–Crippen LogP) is 3.43. The molecular formula is C14H20BrNOS. The summed E-state index contributed by atoms with van der Waals surface area (Å²) in [6.45, 7) is 0.237. The van der Waals surface area contributed by atoms with E-state index in [1.165, 1.54) is 17.7 Å². The summed E-state index contributed by atoms with van der Waals surface area (Å²) in [7, 11) is 1.96. The van der Waals surface area contributed by atoms with Crippen LogP contribution in [0.3, 0.4) is 0 Å². The van der Waals surface area contributed by atoms with Crippen LogP contribution in [0.15, 0.2) is 33.6 Å². The van der Waals surface area contributed by atoms with Crippen molar-refractivity contribution in [1.29, 1.82) is 0 Å². The number of likely N-dealkylation sites (N-methyl/N-ethyl adjacent to an activating group) is 1. The summed E-state index contributed by atoms with van der Waals surface area (Å²) in [5, 5.41) is 13.5. The van der Waals surface area contributed by atoms with Gasteiger partial charge in [-0.15, -0.1) is 11.8 Å². The number of aliphatic hydroxyl groups is 1. The molecule has 100 valence electrons. The Hall–Kier alpha value is -0.0300. The minimum atomic E-state index is -0.0642. The maximum Gasteiger partial charge on any atom is 0.0613 e. The van der Waals surface area contributed by atoms with E-state index in [0.29, 0.717) is 5.25 Å². The Balaban J connectivity index is 1.99. The molecule has 2 atom stereocenters. The van der Waals surface area contributed by atoms with Gasteiger partial charge in [0.25, 0.3) is 0 Å². The molecule has 2 nitrogen and oxygen atoms in total. The van der Waals surface area contributed by atoms with Gasteiger partial charge in [-0.05, 0) is 50.6 Å². The highest BCUT2D eigenvalue weighted by Gasteiger charge is 2.34. The van der Waals surface area contributed by atoms with Gasteiger partial charge in [0.2, 0.25) is 0 Å². The van der Waals surface area contributed by atoms with Crippen molar-refractivity contribution in [2.75, 3.05) is 13.7 Å². The van der Waals surface area contributed by atoms with Gasteiger partial charge in [0, 0.05) is 20.2 Å². The van der Waals surface area contributed by atoms with E-state index in [1.807, 2.05) is 18.8 Å². The van der Waals surface area contributed by atoms with Crippen LogP contribution in [-0.2, 0) is 0 Å². The van der Waals surface area contributed by atoms with E-state index in [4.69, 9.17) is 0 Å². The Morgan fingerprint density at radius 3 is 2.78 bits per heavy atom. The molecule has 1 aromatic carbocycles. The molecule has 0 spiro atoms. The number of halogens is 1. The minimum Gasteiger partial charge on any atom is -0.394 e. The molecule has 0 aliphatic heterocycles. The molecule has 0 radical (unpaired) electrons. The SMILES string of the molecule is CNC1(CO)CCCC(Sc2ccc(Br)cc2)C1. The van der Waals surface area contributed by atoms with Crippen molar-refractivity contribution in [3.63, 3.8) is 0 Å². The molecule has 0 aromatic heterocycles. The van der Waals surface area contributed by atoms with Crippen molar-refractivity contribution < 1.29 is 5.11 Å². The summed E-state index contributed by atoms with van der Waals surface area (Å²) in [5.41, 5.74) is -0.0642. The summed E-state index contributed by atoms with van der Waals surface area (Å²) in [6.07, 6.45) is 4.55. The average Bonchev–Trinajstić information content (AvgIpc) is 2.41. The summed E-state index contributed by atoms with van der Waals surface area (Å²) < 4.78 is 1.12. The fraction of sp³-hybridized carbons (Fsp3) is 0.571. The van der Waals surface area contributed by atoms with Crippen LogP contribution in [0.25, 0.3) is 0 Å². The topological polar surface area (TPSA) is 32.3 Å². The molecule has 4 heteroatoms. The average molecular weight is 330 g/mol. The lowest BCUT2D eigenvalue weighted by Gasteiger charge is -2.39. The Morgan fingerprint density at radius 1 is 1.44 bits per heavy atom. The fourth-order valence-electron chi connectivity index (χ4n) is 2.56. The molecule has 2 N–H and O–H groups in total. The van der Waals surface area contributed by atoms with E-state index in [2.05, 4.69) is 45.5 Å². The predicted molar refractivity (Wildman–Crippen MR) is 81.1 cm³/mol. The molecule has 0 amide bonds. The largest absolute Gasteiger partial charge is 0.394 e. The van der Waals surface area contributed by atoms with Crippen molar-refractivity contribution in [1.82, 2.24) is 5.32 Å². The van der Waals surface area contributed by atoms with Gasteiger partial charge in [-0.25, -0.2) is 0 Å². The standard InChI is InChI=1S/C14H20BrNOS/c1-16-14(10-17)8-2-3-13(9-14)18-12-6-4-11(15)5-7-12/h4-7,13,16-17H,2-3,8-10H2,1H3. The van der Waals surface area contributed by atoms with Crippen LogP contribution in [-0.4, -0.2) is 29.5 Å². The molecule has 2 rings (SSSR count). The Labute approximate surface area is 122 Å². The molecule has 0 bridgehead atoms. The van der Waals surface area contributed by atoms with Crippen LogP contribution >= 0.6 is 27.7 Å². The molecular weight excluding hydrogens is 310 g/mol. The van der Waals surface area contributed by atoms with Gasteiger partial charge in [0.1, 0.15) is 0 Å². The molecule has 1 aromatic rings. The third-order valence-electron chi connectivity index (χ3n) is 3.75. The second kappa shape index (κ2) is 6.42. The minimum absolute atomic E-state index is 0.0642. The summed E-state index contributed by atoms with van der Waals surface area (Å²) >= 11 is 5.39. The number of rotatable bonds is 4. The van der Waals surface area contributed by atoms with Gasteiger partial charge in [-0.2, -0.15) is 0 Å². The van der Waals surface area contributed by atoms with Crippen molar-refractivity contribution in [2.45, 2.75) is 41.4 Å². The smallest absolute Gasteiger partial charge is 0.0613 e. The molecule has 1 saturated carbocycles. The van der Waals surface area contributed by atoms with Gasteiger partial charge in [-0.3, -0.25) is 0 Å². The van der Waals surface area contributed by atoms with E-state index < -0.39 is 0 Å². The molecule has 0 saturated heterocycles. The molecule has 1 aliphatic carbocycles. The van der Waals surface area contributed by atoms with Crippen LogP contribution in [0.1, 0.15) is 25.7 Å². The third kappa shape index (κ3) is 3.50. The van der Waals surface area contributed by atoms with Gasteiger partial charge in [0.15, 0.2) is 0 Å². The van der Waals surface area contributed by atoms with Crippen molar-refractivity contribution in [3.8, 4) is 0 Å². The van der Waals surface area contributed by atoms with Crippen LogP contribution in [0.2, 0.25) is 0 Å². The zero-order valence-electron chi connectivity index (χ0n) is 10.7. The summed E-state index contributed by atoms with van der Waals surface area (Å²) in [4.78, 5) is 1.31. The second-order valence-electron chi connectivity index (χ2n) is 4.98. The highest BCUT2D eigenvalue weighted by atomic mass is 79.9. The normalized spacial score (nSPS) is 28.3. The van der Waals surface area contributed by atoms with Gasteiger partial charge in [-0.1, -0.05) is 22.4 Å². The van der Waals surface area contributed by atoms with E-state index in [1.54, 1.807) is 0 Å². The van der Waals surface area contributed by atoms with Crippen LogP contribution in [0.5, 0.6) is 0 Å². The summed E-state index contributed by atoms with van der Waals surface area (Å²) in [5.74, 6) is 0. The van der Waals surface area contributed by atoms with E-state index in [0.717, 1.165) is 17.3 Å². The third-order valence-corrected chi connectivity index (χ3v) is 5.56. The Kier molecular flexibility index (Phi) is 5.13. The molecule has 1 fully saturated rings. The maximum absolute atomic E-state index is 9.58. The number of thioether (sulfide) groups is 1. The number of hydrogen-bond donors (Lipinski definition) is 2. The highest BCUT2D eigenvalue weighted by Crippen LogP contribution is 2.38. The first-order valence-corrected chi connectivity index (χ1v) is 8.07. The number of nitrogens with one attached hydrogen (secondary N) is 1. The Bertz CT molecular complexity index is 378. The van der Waals surface area contributed by atoms with Crippen LogP contribution in [0.4, 0.5) is 0 Å². The van der Waals surface area contributed by atoms with E-state index in [-0.39, 0.29) is 12.1 Å². The lowest BCUT2D eigenvalue weighted by molar-refractivity contribution is 0.131. The molecule has 0 heterocycles. The number of aliphatic hydroxyl groups excluding tert-OH is 1. The maximum atomic E-state index is 9.58. The van der Waals surface area contributed by atoms with Gasteiger partial charge in [0.05, 0.1) is 6.61 Å². The molecule has 2 unspecified atom stereocenters. The summed E-state index contributed by atoms with van der Waals surface area (Å²) in [6, 6.07) is 8.48. The molecule has 1 aliphatic rings. The monoisotopic (exact) mass is 329 g/mol. The zero-order valence-corrected chi connectivity index (χ0v) is 13.1. The highest BCUT2D eigenvalue weighted by molar-refractivity contribution is 9.10. The number of benzene rings is 1. The first-order chi connectivity index (χ1) is 8.67. The lowest BCUT2D eigenvalue weighted by Crippen LogP contribution is -2.50. The van der Waals surface area contributed by atoms with Crippen LogP contribution in [0, 0.1) is 0 Å². The first kappa shape index (κ1) is 14.4. The first-order valence-electron chi connectivity index (χ1n) is 6.39. The van der Waals surface area contributed by atoms with E-state index in [9.17, 15) is 5.11 Å². The second-order valence-corrected chi connectivity index (χ2v) is 7.27. The van der Waals surface area contributed by atoms with Crippen LogP contribution < -0.4 is 5.32 Å². The molecule has 18 heavy (non-hydrogen) atoms. The van der Waals surface area contributed by atoms with Crippen molar-refractivity contribution >= 4 is 27.7 Å². The quantitative estimate of drug-likeness (QED) is 0.887. The Morgan fingerprint density at radius 2 is 2.17 bits per heavy atom. The lowest BCUT2D eigenvalue weighted by atomic mass is 9.82. The van der Waals surface area contributed by atoms with Crippen molar-refractivity contribution in [3.05, 3.63) is 28.7 Å². The zero-order chi connectivity index (χ0) is 13.0.